The third kappa shape index (κ3) is 4.78. The first-order chi connectivity index (χ1) is 11.5. The SMILES string of the molecule is CC(=O)c1ccccc1.CP(=O)(c1ccccc1)c1ccccc1. The predicted octanol–water partition coefficient (Wildman–Crippen LogP) is 4.52. The molecule has 0 aliphatic rings. The Morgan fingerprint density at radius 3 is 1.29 bits per heavy atom. The van der Waals surface area contributed by atoms with Crippen molar-refractivity contribution in [3.8, 4) is 0 Å². The standard InChI is InChI=1S/C13H13OP.C8H8O/c1-15(14,12-8-4-2-5-9-12)13-10-6-3-7-11-13;1-7(9)8-5-3-2-4-6-8/h2-11H,1H3;2-6H,1H3. The Hall–Kier alpha value is -2.44. The molecule has 3 rings (SSSR count). The molecule has 24 heavy (non-hydrogen) atoms. The molecule has 0 aliphatic carbocycles. The zero-order valence-corrected chi connectivity index (χ0v) is 14.8. The van der Waals surface area contributed by atoms with Crippen molar-refractivity contribution in [2.75, 3.05) is 6.66 Å². The maximum atomic E-state index is 12.6. The minimum absolute atomic E-state index is 0.121. The van der Waals surface area contributed by atoms with E-state index in [4.69, 9.17) is 0 Å². The van der Waals surface area contributed by atoms with Crippen molar-refractivity contribution >= 4 is 23.5 Å². The number of benzene rings is 3. The summed E-state index contributed by atoms with van der Waals surface area (Å²) in [5.41, 5.74) is 0.775. The van der Waals surface area contributed by atoms with Crippen molar-refractivity contribution in [2.24, 2.45) is 0 Å². The van der Waals surface area contributed by atoms with Crippen LogP contribution >= 0.6 is 7.14 Å². The number of carbonyl (C=O) groups excluding carboxylic acids is 1. The summed E-state index contributed by atoms with van der Waals surface area (Å²) >= 11 is 0. The number of Topliss-reactive ketones (excluding diaryl/α,β-unsaturated/α-hetero) is 1. The lowest BCUT2D eigenvalue weighted by Crippen LogP contribution is -2.14. The van der Waals surface area contributed by atoms with Gasteiger partial charge in [-0.3, -0.25) is 4.79 Å². The highest BCUT2D eigenvalue weighted by atomic mass is 31.2. The van der Waals surface area contributed by atoms with Gasteiger partial charge in [-0.2, -0.15) is 0 Å². The molecule has 0 saturated carbocycles. The fourth-order valence-electron chi connectivity index (χ4n) is 2.25. The number of ketones is 1. The maximum absolute atomic E-state index is 12.6. The molecule has 0 fully saturated rings. The largest absolute Gasteiger partial charge is 0.314 e. The lowest BCUT2D eigenvalue weighted by Gasteiger charge is -2.13. The fraction of sp³-hybridized carbons (Fsp3) is 0.0952. The Labute approximate surface area is 143 Å². The van der Waals surface area contributed by atoms with Gasteiger partial charge in [-0.15, -0.1) is 0 Å². The molecular weight excluding hydrogens is 315 g/mol. The maximum Gasteiger partial charge on any atom is 0.159 e. The van der Waals surface area contributed by atoms with Gasteiger partial charge in [-0.05, 0) is 13.6 Å². The van der Waals surface area contributed by atoms with Crippen LogP contribution in [0.1, 0.15) is 17.3 Å². The molecule has 3 heteroatoms. The second-order valence-electron chi connectivity index (χ2n) is 5.52. The van der Waals surface area contributed by atoms with Crippen LogP contribution in [0.25, 0.3) is 0 Å². The lowest BCUT2D eigenvalue weighted by molar-refractivity contribution is 0.101. The molecule has 0 saturated heterocycles. The molecule has 0 amide bonds. The number of hydrogen-bond acceptors (Lipinski definition) is 2. The van der Waals surface area contributed by atoms with E-state index in [9.17, 15) is 9.36 Å². The monoisotopic (exact) mass is 336 g/mol. The van der Waals surface area contributed by atoms with Crippen molar-refractivity contribution < 1.29 is 9.36 Å². The van der Waals surface area contributed by atoms with Crippen LogP contribution in [0.3, 0.4) is 0 Å². The summed E-state index contributed by atoms with van der Waals surface area (Å²) in [5, 5.41) is 1.83. The number of carbonyl (C=O) groups is 1. The topological polar surface area (TPSA) is 34.1 Å². The molecule has 3 aromatic carbocycles. The molecule has 2 nitrogen and oxygen atoms in total. The van der Waals surface area contributed by atoms with E-state index in [1.807, 2.05) is 97.7 Å². The van der Waals surface area contributed by atoms with E-state index in [1.165, 1.54) is 0 Å². The van der Waals surface area contributed by atoms with E-state index in [2.05, 4.69) is 0 Å². The van der Waals surface area contributed by atoms with Gasteiger partial charge in [0.05, 0.1) is 0 Å². The number of hydrogen-bond donors (Lipinski definition) is 0. The highest BCUT2D eigenvalue weighted by Crippen LogP contribution is 2.38. The van der Waals surface area contributed by atoms with Gasteiger partial charge in [0.2, 0.25) is 0 Å². The predicted molar refractivity (Wildman–Crippen MR) is 102 cm³/mol. The third-order valence-electron chi connectivity index (χ3n) is 3.68. The van der Waals surface area contributed by atoms with Gasteiger partial charge in [0.15, 0.2) is 5.78 Å². The second kappa shape index (κ2) is 8.42. The van der Waals surface area contributed by atoms with Crippen molar-refractivity contribution in [3.63, 3.8) is 0 Å². The number of rotatable bonds is 3. The van der Waals surface area contributed by atoms with Gasteiger partial charge < -0.3 is 4.57 Å². The first-order valence-electron chi connectivity index (χ1n) is 7.76. The zero-order chi connectivity index (χ0) is 17.4. The van der Waals surface area contributed by atoms with Gasteiger partial charge in [0.25, 0.3) is 0 Å². The molecule has 0 heterocycles. The van der Waals surface area contributed by atoms with Gasteiger partial charge in [0.1, 0.15) is 7.14 Å². The second-order valence-corrected chi connectivity index (χ2v) is 8.40. The van der Waals surface area contributed by atoms with E-state index >= 15 is 0 Å². The van der Waals surface area contributed by atoms with Crippen LogP contribution in [-0.2, 0) is 4.57 Å². The van der Waals surface area contributed by atoms with Crippen LogP contribution in [0.2, 0.25) is 0 Å². The molecule has 3 aromatic rings. The van der Waals surface area contributed by atoms with E-state index in [0.29, 0.717) is 0 Å². The molecule has 0 aliphatic heterocycles. The normalized spacial score (nSPS) is 10.4. The average Bonchev–Trinajstić information content (AvgIpc) is 2.64. The first kappa shape index (κ1) is 17.9. The van der Waals surface area contributed by atoms with E-state index in [0.717, 1.165) is 16.2 Å². The molecule has 0 unspecified atom stereocenters. The summed E-state index contributed by atoms with van der Waals surface area (Å²) in [5.74, 6) is 0.121. The Kier molecular flexibility index (Phi) is 6.28. The molecule has 0 bridgehead atoms. The highest BCUT2D eigenvalue weighted by Gasteiger charge is 2.19. The Bertz CT molecular complexity index is 769. The Morgan fingerprint density at radius 2 is 1.00 bits per heavy atom. The Morgan fingerprint density at radius 1 is 0.667 bits per heavy atom. The van der Waals surface area contributed by atoms with Crippen LogP contribution in [0, 0.1) is 0 Å². The molecule has 0 aromatic heterocycles. The van der Waals surface area contributed by atoms with Gasteiger partial charge in [-0.25, -0.2) is 0 Å². The lowest BCUT2D eigenvalue weighted by atomic mass is 10.2. The highest BCUT2D eigenvalue weighted by molar-refractivity contribution is 7.78. The molecule has 122 valence electrons. The van der Waals surface area contributed by atoms with Crippen molar-refractivity contribution in [1.29, 1.82) is 0 Å². The van der Waals surface area contributed by atoms with Crippen molar-refractivity contribution in [2.45, 2.75) is 6.92 Å². The quantitative estimate of drug-likeness (QED) is 0.520. The summed E-state index contributed by atoms with van der Waals surface area (Å²) < 4.78 is 12.6. The minimum atomic E-state index is -2.40. The summed E-state index contributed by atoms with van der Waals surface area (Å²) in [6.07, 6.45) is 0. The minimum Gasteiger partial charge on any atom is -0.314 e. The fourth-order valence-corrected chi connectivity index (χ4v) is 4.03. The molecule has 0 atom stereocenters. The molecule has 0 radical (unpaired) electrons. The van der Waals surface area contributed by atoms with Crippen molar-refractivity contribution in [3.05, 3.63) is 96.6 Å². The van der Waals surface area contributed by atoms with Crippen LogP contribution in [0.15, 0.2) is 91.0 Å². The smallest absolute Gasteiger partial charge is 0.159 e. The van der Waals surface area contributed by atoms with Crippen LogP contribution in [0.5, 0.6) is 0 Å². The summed E-state index contributed by atoms with van der Waals surface area (Å²) in [4.78, 5) is 10.6. The third-order valence-corrected chi connectivity index (χ3v) is 6.25. The average molecular weight is 336 g/mol. The van der Waals surface area contributed by atoms with Crippen LogP contribution < -0.4 is 10.6 Å². The molecule has 0 spiro atoms. The van der Waals surface area contributed by atoms with Crippen LogP contribution in [0.4, 0.5) is 0 Å². The zero-order valence-electron chi connectivity index (χ0n) is 13.9. The summed E-state index contributed by atoms with van der Waals surface area (Å²) in [7, 11) is -2.40. The summed E-state index contributed by atoms with van der Waals surface area (Å²) in [6, 6.07) is 28.5. The van der Waals surface area contributed by atoms with Crippen LogP contribution in [-0.4, -0.2) is 12.4 Å². The summed E-state index contributed by atoms with van der Waals surface area (Å²) in [6.45, 7) is 3.38. The first-order valence-corrected chi connectivity index (χ1v) is 9.92. The Balaban J connectivity index is 0.000000198. The van der Waals surface area contributed by atoms with Gasteiger partial charge in [-0.1, -0.05) is 91.0 Å². The van der Waals surface area contributed by atoms with Gasteiger partial charge >= 0.3 is 0 Å². The van der Waals surface area contributed by atoms with Crippen molar-refractivity contribution in [1.82, 2.24) is 0 Å². The van der Waals surface area contributed by atoms with Gasteiger partial charge in [0, 0.05) is 16.2 Å². The van der Waals surface area contributed by atoms with E-state index in [-0.39, 0.29) is 5.78 Å². The van der Waals surface area contributed by atoms with E-state index < -0.39 is 7.14 Å². The van der Waals surface area contributed by atoms with E-state index in [1.54, 1.807) is 6.92 Å². The molecule has 0 N–H and O–H groups in total. The molecular formula is C21H21O2P.